The summed E-state index contributed by atoms with van der Waals surface area (Å²) in [4.78, 5) is 8.47. The van der Waals surface area contributed by atoms with E-state index in [1.807, 2.05) is 0 Å². The third-order valence-corrected chi connectivity index (χ3v) is 2.53. The standard InChI is InChI=1S/C11H20N4O2/c1-4-5-6-8(15-12)10-11(17-3)14-9(16-2)7-13-10/h7-8,15H,4-6,12H2,1-3H3. The van der Waals surface area contributed by atoms with E-state index in [1.54, 1.807) is 20.4 Å². The smallest absolute Gasteiger partial charge is 0.240 e. The highest BCUT2D eigenvalue weighted by Crippen LogP contribution is 2.25. The van der Waals surface area contributed by atoms with Gasteiger partial charge in [-0.1, -0.05) is 19.8 Å². The molecule has 1 aromatic rings. The number of hydrogen-bond donors (Lipinski definition) is 2. The highest BCUT2D eigenvalue weighted by molar-refractivity contribution is 5.25. The molecule has 3 N–H and O–H groups in total. The summed E-state index contributed by atoms with van der Waals surface area (Å²) in [6.07, 6.45) is 4.62. The Morgan fingerprint density at radius 2 is 2.18 bits per heavy atom. The van der Waals surface area contributed by atoms with Crippen LogP contribution in [0, 0.1) is 0 Å². The first-order valence-corrected chi connectivity index (χ1v) is 5.67. The lowest BCUT2D eigenvalue weighted by atomic mass is 10.1. The molecule has 6 heteroatoms. The van der Waals surface area contributed by atoms with Crippen molar-refractivity contribution in [3.8, 4) is 11.8 Å². The Labute approximate surface area is 102 Å². The molecule has 0 spiro atoms. The molecule has 6 nitrogen and oxygen atoms in total. The molecule has 0 aromatic carbocycles. The van der Waals surface area contributed by atoms with Crippen molar-refractivity contribution >= 4 is 0 Å². The molecular weight excluding hydrogens is 220 g/mol. The first kappa shape index (κ1) is 13.7. The highest BCUT2D eigenvalue weighted by atomic mass is 16.5. The van der Waals surface area contributed by atoms with Crippen molar-refractivity contribution in [1.29, 1.82) is 0 Å². The van der Waals surface area contributed by atoms with Crippen LogP contribution in [0.2, 0.25) is 0 Å². The van der Waals surface area contributed by atoms with Crippen molar-refractivity contribution in [1.82, 2.24) is 15.4 Å². The van der Waals surface area contributed by atoms with Crippen molar-refractivity contribution in [3.63, 3.8) is 0 Å². The molecule has 0 saturated heterocycles. The minimum Gasteiger partial charge on any atom is -0.480 e. The van der Waals surface area contributed by atoms with Crippen LogP contribution >= 0.6 is 0 Å². The lowest BCUT2D eigenvalue weighted by Gasteiger charge is -2.17. The molecular formula is C11H20N4O2. The van der Waals surface area contributed by atoms with E-state index in [1.165, 1.54) is 0 Å². The van der Waals surface area contributed by atoms with Gasteiger partial charge in [0.1, 0.15) is 5.69 Å². The number of nitrogens with zero attached hydrogens (tertiary/aromatic N) is 2. The van der Waals surface area contributed by atoms with Crippen LogP contribution in [0.3, 0.4) is 0 Å². The third-order valence-electron chi connectivity index (χ3n) is 2.53. The summed E-state index contributed by atoms with van der Waals surface area (Å²) in [6, 6.07) is -0.0525. The Kier molecular flexibility index (Phi) is 5.65. The molecule has 1 unspecified atom stereocenters. The Morgan fingerprint density at radius 3 is 2.71 bits per heavy atom. The van der Waals surface area contributed by atoms with E-state index in [0.717, 1.165) is 19.3 Å². The van der Waals surface area contributed by atoms with E-state index in [4.69, 9.17) is 15.3 Å². The molecule has 1 rings (SSSR count). The van der Waals surface area contributed by atoms with Crippen LogP contribution < -0.4 is 20.7 Å². The molecule has 0 radical (unpaired) electrons. The Balaban J connectivity index is 2.93. The van der Waals surface area contributed by atoms with Gasteiger partial charge in [-0.25, -0.2) is 4.98 Å². The second-order valence-corrected chi connectivity index (χ2v) is 3.67. The molecule has 1 heterocycles. The Bertz CT molecular complexity index is 346. The summed E-state index contributed by atoms with van der Waals surface area (Å²) in [5, 5.41) is 0. The van der Waals surface area contributed by atoms with Crippen molar-refractivity contribution in [2.45, 2.75) is 32.2 Å². The van der Waals surface area contributed by atoms with Gasteiger partial charge >= 0.3 is 0 Å². The molecule has 0 aliphatic rings. The van der Waals surface area contributed by atoms with E-state index in [9.17, 15) is 0 Å². The molecule has 1 atom stereocenters. The normalized spacial score (nSPS) is 12.2. The van der Waals surface area contributed by atoms with Gasteiger partial charge in [-0.3, -0.25) is 11.3 Å². The van der Waals surface area contributed by atoms with Gasteiger partial charge in [-0.2, -0.15) is 4.98 Å². The van der Waals surface area contributed by atoms with Gasteiger partial charge in [0.25, 0.3) is 0 Å². The maximum absolute atomic E-state index is 5.54. The van der Waals surface area contributed by atoms with Gasteiger partial charge in [0.2, 0.25) is 11.8 Å². The lowest BCUT2D eigenvalue weighted by molar-refractivity contribution is 0.346. The predicted octanol–water partition coefficient (Wildman–Crippen LogP) is 1.19. The van der Waals surface area contributed by atoms with E-state index in [-0.39, 0.29) is 6.04 Å². The van der Waals surface area contributed by atoms with Crippen LogP contribution in [0.1, 0.15) is 37.9 Å². The van der Waals surface area contributed by atoms with Crippen molar-refractivity contribution in [2.75, 3.05) is 14.2 Å². The number of unbranched alkanes of at least 4 members (excludes halogenated alkanes) is 1. The van der Waals surface area contributed by atoms with Crippen LogP contribution in [0.25, 0.3) is 0 Å². The number of ether oxygens (including phenoxy) is 2. The Morgan fingerprint density at radius 1 is 1.41 bits per heavy atom. The van der Waals surface area contributed by atoms with Crippen molar-refractivity contribution < 1.29 is 9.47 Å². The fourth-order valence-corrected chi connectivity index (χ4v) is 1.56. The molecule has 0 aliphatic carbocycles. The van der Waals surface area contributed by atoms with Gasteiger partial charge in [0, 0.05) is 0 Å². The minimum absolute atomic E-state index is 0.0525. The summed E-state index contributed by atoms with van der Waals surface area (Å²) in [6.45, 7) is 2.13. The quantitative estimate of drug-likeness (QED) is 0.550. The number of methoxy groups -OCH3 is 2. The van der Waals surface area contributed by atoms with E-state index in [2.05, 4.69) is 22.3 Å². The zero-order valence-electron chi connectivity index (χ0n) is 10.6. The highest BCUT2D eigenvalue weighted by Gasteiger charge is 2.18. The van der Waals surface area contributed by atoms with Gasteiger partial charge in [-0.05, 0) is 6.42 Å². The number of nitrogens with two attached hydrogens (primary N) is 1. The summed E-state index contributed by atoms with van der Waals surface area (Å²) in [7, 11) is 3.10. The Hall–Kier alpha value is -1.40. The van der Waals surface area contributed by atoms with Gasteiger partial charge in [0.05, 0.1) is 26.5 Å². The monoisotopic (exact) mass is 240 g/mol. The second-order valence-electron chi connectivity index (χ2n) is 3.67. The number of hydrazine groups is 1. The van der Waals surface area contributed by atoms with Gasteiger partial charge < -0.3 is 9.47 Å². The fourth-order valence-electron chi connectivity index (χ4n) is 1.56. The number of rotatable bonds is 7. The minimum atomic E-state index is -0.0525. The van der Waals surface area contributed by atoms with Crippen LogP contribution in [-0.2, 0) is 0 Å². The molecule has 17 heavy (non-hydrogen) atoms. The maximum Gasteiger partial charge on any atom is 0.240 e. The van der Waals surface area contributed by atoms with E-state index >= 15 is 0 Å². The molecule has 96 valence electrons. The largest absolute Gasteiger partial charge is 0.480 e. The van der Waals surface area contributed by atoms with Crippen LogP contribution in [-0.4, -0.2) is 24.2 Å². The summed E-state index contributed by atoms with van der Waals surface area (Å²) in [5.74, 6) is 6.41. The van der Waals surface area contributed by atoms with Gasteiger partial charge in [-0.15, -0.1) is 0 Å². The number of nitrogens with one attached hydrogen (secondary N) is 1. The number of aromatic nitrogens is 2. The average Bonchev–Trinajstić information content (AvgIpc) is 2.39. The third kappa shape index (κ3) is 3.54. The van der Waals surface area contributed by atoms with E-state index in [0.29, 0.717) is 17.5 Å². The van der Waals surface area contributed by atoms with Crippen LogP contribution in [0.5, 0.6) is 11.8 Å². The molecule has 0 saturated carbocycles. The first-order chi connectivity index (χ1) is 8.26. The predicted molar refractivity (Wildman–Crippen MR) is 64.7 cm³/mol. The zero-order valence-corrected chi connectivity index (χ0v) is 10.6. The molecule has 0 amide bonds. The maximum atomic E-state index is 5.54. The molecule has 0 aliphatic heterocycles. The van der Waals surface area contributed by atoms with E-state index < -0.39 is 0 Å². The van der Waals surface area contributed by atoms with Crippen molar-refractivity contribution in [3.05, 3.63) is 11.9 Å². The molecule has 1 aromatic heterocycles. The number of hydrogen-bond acceptors (Lipinski definition) is 6. The summed E-state index contributed by atoms with van der Waals surface area (Å²) in [5.41, 5.74) is 3.45. The van der Waals surface area contributed by atoms with Gasteiger partial charge in [0.15, 0.2) is 0 Å². The first-order valence-electron chi connectivity index (χ1n) is 5.67. The molecule has 0 bridgehead atoms. The summed E-state index contributed by atoms with van der Waals surface area (Å²) < 4.78 is 10.2. The van der Waals surface area contributed by atoms with Crippen molar-refractivity contribution in [2.24, 2.45) is 5.84 Å². The van der Waals surface area contributed by atoms with Crippen LogP contribution in [0.4, 0.5) is 0 Å². The SMILES string of the molecule is CCCCC(NN)c1ncc(OC)nc1OC. The lowest BCUT2D eigenvalue weighted by Crippen LogP contribution is -2.29. The second kappa shape index (κ2) is 7.03. The summed E-state index contributed by atoms with van der Waals surface area (Å²) >= 11 is 0. The average molecular weight is 240 g/mol. The zero-order chi connectivity index (χ0) is 12.7. The van der Waals surface area contributed by atoms with Crippen LogP contribution in [0.15, 0.2) is 6.20 Å². The molecule has 0 fully saturated rings. The fraction of sp³-hybridized carbons (Fsp3) is 0.636. The topological polar surface area (TPSA) is 82.3 Å².